The number of pyridine rings is 1. The molecule has 1 aromatic rings. The lowest BCUT2D eigenvalue weighted by Gasteiger charge is -2.26. The standard InChI is InChI=1S/C13H19BrN2/c1-10(2)9-16-8-4-6-12(16)11-5-3-7-15-13(11)14/h3,5,7,10,12H,4,6,8-9H2,1-2H3/t12-/m1/s1. The van der Waals surface area contributed by atoms with Crippen LogP contribution in [0.2, 0.25) is 0 Å². The lowest BCUT2D eigenvalue weighted by Crippen LogP contribution is -2.27. The van der Waals surface area contributed by atoms with Crippen molar-refractivity contribution in [3.63, 3.8) is 0 Å². The van der Waals surface area contributed by atoms with E-state index in [2.05, 4.69) is 45.7 Å². The van der Waals surface area contributed by atoms with Gasteiger partial charge in [-0.3, -0.25) is 4.90 Å². The van der Waals surface area contributed by atoms with Gasteiger partial charge in [0.2, 0.25) is 0 Å². The van der Waals surface area contributed by atoms with Gasteiger partial charge in [-0.15, -0.1) is 0 Å². The molecule has 2 heterocycles. The van der Waals surface area contributed by atoms with Gasteiger partial charge < -0.3 is 0 Å². The maximum atomic E-state index is 4.33. The molecule has 0 aliphatic carbocycles. The van der Waals surface area contributed by atoms with Crippen molar-refractivity contribution in [3.05, 3.63) is 28.5 Å². The summed E-state index contributed by atoms with van der Waals surface area (Å²) in [7, 11) is 0. The molecule has 1 aliphatic heterocycles. The van der Waals surface area contributed by atoms with Gasteiger partial charge in [-0.25, -0.2) is 4.98 Å². The zero-order valence-electron chi connectivity index (χ0n) is 9.99. The number of nitrogens with zero attached hydrogens (tertiary/aromatic N) is 2. The summed E-state index contributed by atoms with van der Waals surface area (Å²) in [5.74, 6) is 0.732. The molecular weight excluding hydrogens is 264 g/mol. The first kappa shape index (κ1) is 12.1. The van der Waals surface area contributed by atoms with Crippen molar-refractivity contribution in [3.8, 4) is 0 Å². The Bertz CT molecular complexity index is 352. The Balaban J connectivity index is 2.17. The molecule has 2 rings (SSSR count). The van der Waals surface area contributed by atoms with Crippen LogP contribution in [0.3, 0.4) is 0 Å². The third kappa shape index (κ3) is 2.64. The van der Waals surface area contributed by atoms with Crippen LogP contribution in [0, 0.1) is 5.92 Å². The summed E-state index contributed by atoms with van der Waals surface area (Å²) in [5, 5.41) is 0. The van der Waals surface area contributed by atoms with Crippen molar-refractivity contribution >= 4 is 15.9 Å². The van der Waals surface area contributed by atoms with E-state index in [4.69, 9.17) is 0 Å². The molecule has 0 radical (unpaired) electrons. The van der Waals surface area contributed by atoms with E-state index in [1.807, 2.05) is 12.3 Å². The number of rotatable bonds is 3. The monoisotopic (exact) mass is 282 g/mol. The topological polar surface area (TPSA) is 16.1 Å². The fourth-order valence-electron chi connectivity index (χ4n) is 2.51. The third-order valence-corrected chi connectivity index (χ3v) is 3.77. The minimum absolute atomic E-state index is 0.561. The largest absolute Gasteiger partial charge is 0.296 e. The second-order valence-corrected chi connectivity index (χ2v) is 5.68. The zero-order valence-corrected chi connectivity index (χ0v) is 11.6. The van der Waals surface area contributed by atoms with Crippen LogP contribution in [-0.2, 0) is 0 Å². The van der Waals surface area contributed by atoms with Crippen LogP contribution in [0.15, 0.2) is 22.9 Å². The summed E-state index contributed by atoms with van der Waals surface area (Å²) >= 11 is 3.56. The van der Waals surface area contributed by atoms with Gasteiger partial charge >= 0.3 is 0 Å². The van der Waals surface area contributed by atoms with E-state index in [0.29, 0.717) is 6.04 Å². The highest BCUT2D eigenvalue weighted by molar-refractivity contribution is 9.10. The average molecular weight is 283 g/mol. The Hall–Kier alpha value is -0.410. The minimum atomic E-state index is 0.561. The van der Waals surface area contributed by atoms with Crippen LogP contribution < -0.4 is 0 Å². The molecule has 1 aliphatic rings. The predicted octanol–water partition coefficient (Wildman–Crippen LogP) is 3.64. The van der Waals surface area contributed by atoms with Crippen LogP contribution in [0.5, 0.6) is 0 Å². The highest BCUT2D eigenvalue weighted by Gasteiger charge is 2.27. The molecule has 0 unspecified atom stereocenters. The minimum Gasteiger partial charge on any atom is -0.296 e. The molecule has 16 heavy (non-hydrogen) atoms. The first-order valence-corrected chi connectivity index (χ1v) is 6.82. The van der Waals surface area contributed by atoms with E-state index in [9.17, 15) is 0 Å². The van der Waals surface area contributed by atoms with Crippen molar-refractivity contribution in [2.45, 2.75) is 32.7 Å². The number of aromatic nitrogens is 1. The Morgan fingerprint density at radius 1 is 1.56 bits per heavy atom. The summed E-state index contributed by atoms with van der Waals surface area (Å²) in [6.07, 6.45) is 4.41. The molecule has 0 aromatic carbocycles. The van der Waals surface area contributed by atoms with Gasteiger partial charge in [-0.2, -0.15) is 0 Å². The molecule has 1 atom stereocenters. The second kappa shape index (κ2) is 5.28. The van der Waals surface area contributed by atoms with E-state index < -0.39 is 0 Å². The van der Waals surface area contributed by atoms with E-state index >= 15 is 0 Å². The van der Waals surface area contributed by atoms with Crippen molar-refractivity contribution in [2.24, 2.45) is 5.92 Å². The molecule has 1 fully saturated rings. The number of halogens is 1. The molecule has 0 spiro atoms. The molecule has 3 heteroatoms. The highest BCUT2D eigenvalue weighted by atomic mass is 79.9. The Labute approximate surface area is 106 Å². The SMILES string of the molecule is CC(C)CN1CCC[C@@H]1c1cccnc1Br. The van der Waals surface area contributed by atoms with Gasteiger partial charge in [-0.1, -0.05) is 19.9 Å². The van der Waals surface area contributed by atoms with Gasteiger partial charge in [0.25, 0.3) is 0 Å². The van der Waals surface area contributed by atoms with Gasteiger partial charge in [0.05, 0.1) is 0 Å². The molecular formula is C13H19BrN2. The lowest BCUT2D eigenvalue weighted by molar-refractivity contribution is 0.228. The average Bonchev–Trinajstić information content (AvgIpc) is 2.66. The predicted molar refractivity (Wildman–Crippen MR) is 70.3 cm³/mol. The fourth-order valence-corrected chi connectivity index (χ4v) is 3.03. The van der Waals surface area contributed by atoms with Gasteiger partial charge in [0.15, 0.2) is 0 Å². The molecule has 0 N–H and O–H groups in total. The number of hydrogen-bond donors (Lipinski definition) is 0. The smallest absolute Gasteiger partial charge is 0.110 e. The van der Waals surface area contributed by atoms with E-state index in [0.717, 1.165) is 10.5 Å². The summed E-state index contributed by atoms with van der Waals surface area (Å²) in [6, 6.07) is 4.79. The van der Waals surface area contributed by atoms with Crippen LogP contribution in [0.25, 0.3) is 0 Å². The van der Waals surface area contributed by atoms with E-state index in [1.165, 1.54) is 31.5 Å². The maximum Gasteiger partial charge on any atom is 0.110 e. The van der Waals surface area contributed by atoms with Crippen molar-refractivity contribution in [2.75, 3.05) is 13.1 Å². The van der Waals surface area contributed by atoms with Crippen LogP contribution in [-0.4, -0.2) is 23.0 Å². The third-order valence-electron chi connectivity index (χ3n) is 3.11. The normalized spacial score (nSPS) is 21.9. The fraction of sp³-hybridized carbons (Fsp3) is 0.615. The summed E-state index contributed by atoms with van der Waals surface area (Å²) in [5.41, 5.74) is 1.35. The van der Waals surface area contributed by atoms with Gasteiger partial charge in [0.1, 0.15) is 4.60 Å². The first-order chi connectivity index (χ1) is 7.68. The van der Waals surface area contributed by atoms with E-state index in [1.54, 1.807) is 0 Å². The first-order valence-electron chi connectivity index (χ1n) is 6.03. The van der Waals surface area contributed by atoms with Crippen molar-refractivity contribution in [1.82, 2.24) is 9.88 Å². The molecule has 88 valence electrons. The Morgan fingerprint density at radius 2 is 2.38 bits per heavy atom. The zero-order chi connectivity index (χ0) is 11.5. The van der Waals surface area contributed by atoms with Crippen molar-refractivity contribution < 1.29 is 0 Å². The Kier molecular flexibility index (Phi) is 3.98. The van der Waals surface area contributed by atoms with Crippen LogP contribution in [0.1, 0.15) is 38.3 Å². The van der Waals surface area contributed by atoms with E-state index in [-0.39, 0.29) is 0 Å². The van der Waals surface area contributed by atoms with Crippen LogP contribution >= 0.6 is 15.9 Å². The highest BCUT2D eigenvalue weighted by Crippen LogP contribution is 2.35. The summed E-state index contributed by atoms with van der Waals surface area (Å²) in [4.78, 5) is 6.92. The quantitative estimate of drug-likeness (QED) is 0.787. The number of likely N-dealkylation sites (tertiary alicyclic amines) is 1. The number of hydrogen-bond acceptors (Lipinski definition) is 2. The lowest BCUT2D eigenvalue weighted by atomic mass is 10.1. The van der Waals surface area contributed by atoms with Crippen molar-refractivity contribution in [1.29, 1.82) is 0 Å². The molecule has 1 saturated heterocycles. The summed E-state index contributed by atoms with van der Waals surface area (Å²) < 4.78 is 1.01. The molecule has 0 saturated carbocycles. The second-order valence-electron chi connectivity index (χ2n) is 4.93. The van der Waals surface area contributed by atoms with Gasteiger partial charge in [-0.05, 0) is 47.3 Å². The Morgan fingerprint density at radius 3 is 3.06 bits per heavy atom. The molecule has 1 aromatic heterocycles. The molecule has 2 nitrogen and oxygen atoms in total. The molecule has 0 bridgehead atoms. The summed E-state index contributed by atoms with van der Waals surface area (Å²) in [6.45, 7) is 6.98. The van der Waals surface area contributed by atoms with Gasteiger partial charge in [0, 0.05) is 24.3 Å². The molecule has 0 amide bonds. The van der Waals surface area contributed by atoms with Crippen LogP contribution in [0.4, 0.5) is 0 Å². The maximum absolute atomic E-state index is 4.33.